The molecule has 1 fully saturated rings. The van der Waals surface area contributed by atoms with E-state index in [2.05, 4.69) is 10.6 Å². The molecule has 0 aliphatic carbocycles. The minimum Gasteiger partial charge on any atom is -0.454 e. The predicted octanol–water partition coefficient (Wildman–Crippen LogP) is 4.82. The number of rotatable bonds is 7. The fourth-order valence-corrected chi connectivity index (χ4v) is 5.33. The van der Waals surface area contributed by atoms with E-state index in [1.807, 2.05) is 24.3 Å². The second-order valence-electron chi connectivity index (χ2n) is 9.17. The second kappa shape index (κ2) is 10.8. The molecule has 2 aliphatic rings. The van der Waals surface area contributed by atoms with Crippen molar-refractivity contribution in [1.82, 2.24) is 9.47 Å². The summed E-state index contributed by atoms with van der Waals surface area (Å²) in [6.45, 7) is -0.396. The van der Waals surface area contributed by atoms with Crippen molar-refractivity contribution in [2.75, 3.05) is 24.0 Å². The molecular weight excluding hydrogens is 551 g/mol. The van der Waals surface area contributed by atoms with Crippen molar-refractivity contribution in [2.45, 2.75) is 6.54 Å². The summed E-state index contributed by atoms with van der Waals surface area (Å²) in [5.41, 5.74) is 2.28. The number of thioether (sulfide) groups is 1. The van der Waals surface area contributed by atoms with Crippen LogP contribution in [0.3, 0.4) is 0 Å². The van der Waals surface area contributed by atoms with E-state index in [-0.39, 0.29) is 24.2 Å². The van der Waals surface area contributed by atoms with E-state index in [0.717, 1.165) is 27.6 Å². The molecule has 41 heavy (non-hydrogen) atoms. The normalized spacial score (nSPS) is 15.1. The minimum absolute atomic E-state index is 0.0345. The highest BCUT2D eigenvalue weighted by atomic mass is 32.2. The highest BCUT2D eigenvalue weighted by molar-refractivity contribution is 8.18. The van der Waals surface area contributed by atoms with Gasteiger partial charge in [-0.3, -0.25) is 24.1 Å². The van der Waals surface area contributed by atoms with Crippen LogP contribution in [0, 0.1) is 5.82 Å². The molecule has 0 radical (unpaired) electrons. The summed E-state index contributed by atoms with van der Waals surface area (Å²) < 4.78 is 25.5. The van der Waals surface area contributed by atoms with Gasteiger partial charge in [0.05, 0.1) is 4.91 Å². The number of nitrogens with zero attached hydrogens (tertiary/aromatic N) is 2. The van der Waals surface area contributed by atoms with E-state index in [4.69, 9.17) is 9.47 Å². The molecule has 206 valence electrons. The summed E-state index contributed by atoms with van der Waals surface area (Å²) in [6, 6.07) is 17.7. The molecule has 0 bridgehead atoms. The quantitative estimate of drug-likeness (QED) is 0.305. The Bertz CT molecular complexity index is 1750. The number of amides is 4. The van der Waals surface area contributed by atoms with Crippen LogP contribution >= 0.6 is 11.8 Å². The summed E-state index contributed by atoms with van der Waals surface area (Å²) >= 11 is 0.739. The van der Waals surface area contributed by atoms with Gasteiger partial charge in [-0.2, -0.15) is 0 Å². The van der Waals surface area contributed by atoms with E-state index < -0.39 is 29.4 Å². The van der Waals surface area contributed by atoms with Gasteiger partial charge in [0.1, 0.15) is 18.9 Å². The topological polar surface area (TPSA) is 119 Å². The van der Waals surface area contributed by atoms with Gasteiger partial charge in [0.25, 0.3) is 11.1 Å². The molecule has 3 heterocycles. The number of benzene rings is 3. The van der Waals surface area contributed by atoms with Crippen molar-refractivity contribution < 1.29 is 33.0 Å². The molecule has 0 saturated carbocycles. The zero-order chi connectivity index (χ0) is 28.5. The second-order valence-corrected chi connectivity index (χ2v) is 10.2. The zero-order valence-electron chi connectivity index (χ0n) is 21.3. The molecular formula is C29H21FN4O6S. The molecule has 10 nitrogen and oxygen atoms in total. The Balaban J connectivity index is 1.17. The largest absolute Gasteiger partial charge is 0.454 e. The van der Waals surface area contributed by atoms with Crippen molar-refractivity contribution in [2.24, 2.45) is 0 Å². The van der Waals surface area contributed by atoms with Crippen LogP contribution in [0.2, 0.25) is 0 Å². The summed E-state index contributed by atoms with van der Waals surface area (Å²) in [4.78, 5) is 52.1. The molecule has 3 aromatic carbocycles. The number of carbonyl (C=O) groups is 4. The van der Waals surface area contributed by atoms with Gasteiger partial charge in [-0.1, -0.05) is 18.2 Å². The molecule has 12 heteroatoms. The van der Waals surface area contributed by atoms with Gasteiger partial charge >= 0.3 is 0 Å². The number of hydrogen-bond donors (Lipinski definition) is 2. The van der Waals surface area contributed by atoms with Gasteiger partial charge in [0.2, 0.25) is 18.6 Å². The van der Waals surface area contributed by atoms with E-state index in [1.54, 1.807) is 35.0 Å². The Morgan fingerprint density at radius 1 is 0.902 bits per heavy atom. The Morgan fingerprint density at radius 3 is 2.44 bits per heavy atom. The van der Waals surface area contributed by atoms with E-state index >= 15 is 0 Å². The number of anilines is 2. The van der Waals surface area contributed by atoms with Crippen molar-refractivity contribution >= 4 is 63.1 Å². The number of fused-ring (bicyclic) bond motifs is 2. The van der Waals surface area contributed by atoms with E-state index in [1.165, 1.54) is 24.3 Å². The number of hydrogen-bond acceptors (Lipinski definition) is 7. The molecule has 0 spiro atoms. The van der Waals surface area contributed by atoms with Crippen LogP contribution in [0.15, 0.2) is 77.8 Å². The number of nitrogens with one attached hydrogen (secondary N) is 2. The van der Waals surface area contributed by atoms with Crippen LogP contribution in [0.1, 0.15) is 5.56 Å². The third kappa shape index (κ3) is 5.50. The Kier molecular flexibility index (Phi) is 6.89. The van der Waals surface area contributed by atoms with Gasteiger partial charge in [-0.25, -0.2) is 4.39 Å². The number of para-hydroxylation sites is 1. The summed E-state index contributed by atoms with van der Waals surface area (Å²) in [5.74, 6) is -0.808. The van der Waals surface area contributed by atoms with Crippen LogP contribution in [0.25, 0.3) is 17.0 Å². The molecule has 4 amide bonds. The predicted molar refractivity (Wildman–Crippen MR) is 151 cm³/mol. The molecule has 2 aliphatic heterocycles. The first-order valence-corrected chi connectivity index (χ1v) is 13.2. The van der Waals surface area contributed by atoms with Crippen molar-refractivity contribution in [1.29, 1.82) is 0 Å². The maximum atomic E-state index is 13.2. The van der Waals surface area contributed by atoms with Crippen molar-refractivity contribution in [3.63, 3.8) is 0 Å². The first-order valence-electron chi connectivity index (χ1n) is 12.4. The Morgan fingerprint density at radius 2 is 1.61 bits per heavy atom. The van der Waals surface area contributed by atoms with Gasteiger partial charge < -0.3 is 24.7 Å². The standard InChI is InChI=1S/C29H21FN4O6S/c30-18-5-7-19(8-6-18)31-26(35)14-33-13-17(21-3-1-2-4-22(21)33)11-25-28(37)34(29(38)41-25)15-27(36)32-20-9-10-23-24(12-20)40-16-39-23/h1-13H,14-16H2,(H,31,35)(H,32,36)/b25-11-. The fraction of sp³-hybridized carbons (Fsp3) is 0.103. The Hall–Kier alpha value is -5.10. The summed E-state index contributed by atoms with van der Waals surface area (Å²) in [5, 5.41) is 5.60. The van der Waals surface area contributed by atoms with Gasteiger partial charge in [-0.05, 0) is 60.3 Å². The lowest BCUT2D eigenvalue weighted by atomic mass is 10.1. The first-order chi connectivity index (χ1) is 19.8. The number of carbonyl (C=O) groups excluding carboxylic acids is 4. The average Bonchev–Trinajstić information content (AvgIpc) is 3.63. The third-order valence-corrected chi connectivity index (χ3v) is 7.29. The number of aromatic nitrogens is 1. The van der Waals surface area contributed by atoms with E-state index in [0.29, 0.717) is 28.4 Å². The highest BCUT2D eigenvalue weighted by Gasteiger charge is 2.36. The lowest BCUT2D eigenvalue weighted by molar-refractivity contribution is -0.127. The maximum Gasteiger partial charge on any atom is 0.294 e. The number of imide groups is 1. The highest BCUT2D eigenvalue weighted by Crippen LogP contribution is 2.35. The number of halogens is 1. The van der Waals surface area contributed by atoms with Crippen molar-refractivity contribution in [3.8, 4) is 11.5 Å². The smallest absolute Gasteiger partial charge is 0.294 e. The summed E-state index contributed by atoms with van der Waals surface area (Å²) in [7, 11) is 0. The lowest BCUT2D eigenvalue weighted by Crippen LogP contribution is -2.36. The minimum atomic E-state index is -0.591. The van der Waals surface area contributed by atoms with Gasteiger partial charge in [0.15, 0.2) is 11.5 Å². The average molecular weight is 573 g/mol. The SMILES string of the molecule is O=C(CN1C(=O)S/C(=C\c2cn(CC(=O)Nc3ccc(F)cc3)c3ccccc23)C1=O)Nc1ccc2c(c1)OCO2. The molecule has 1 aromatic heterocycles. The van der Waals surface area contributed by atoms with Gasteiger partial charge in [-0.15, -0.1) is 0 Å². The van der Waals surface area contributed by atoms with Crippen LogP contribution in [0.5, 0.6) is 11.5 Å². The van der Waals surface area contributed by atoms with E-state index in [9.17, 15) is 23.6 Å². The summed E-state index contributed by atoms with van der Waals surface area (Å²) in [6.07, 6.45) is 3.30. The van der Waals surface area contributed by atoms with Crippen LogP contribution in [0.4, 0.5) is 20.6 Å². The van der Waals surface area contributed by atoms with Crippen LogP contribution in [-0.2, 0) is 20.9 Å². The lowest BCUT2D eigenvalue weighted by Gasteiger charge is -2.12. The zero-order valence-corrected chi connectivity index (χ0v) is 22.1. The van der Waals surface area contributed by atoms with Crippen LogP contribution < -0.4 is 20.1 Å². The Labute approximate surface area is 236 Å². The fourth-order valence-electron chi connectivity index (χ4n) is 4.51. The third-order valence-electron chi connectivity index (χ3n) is 6.38. The van der Waals surface area contributed by atoms with Crippen molar-refractivity contribution in [3.05, 3.63) is 89.2 Å². The molecule has 4 aromatic rings. The molecule has 2 N–H and O–H groups in total. The van der Waals surface area contributed by atoms with Gasteiger partial charge in [0, 0.05) is 40.1 Å². The molecule has 0 atom stereocenters. The molecule has 0 unspecified atom stereocenters. The van der Waals surface area contributed by atoms with Crippen LogP contribution in [-0.4, -0.2) is 45.8 Å². The molecule has 6 rings (SSSR count). The molecule has 1 saturated heterocycles. The maximum absolute atomic E-state index is 13.2. The number of ether oxygens (including phenoxy) is 2. The first kappa shape index (κ1) is 26.1. The monoisotopic (exact) mass is 572 g/mol.